The van der Waals surface area contributed by atoms with E-state index in [4.69, 9.17) is 5.73 Å². The van der Waals surface area contributed by atoms with Crippen molar-refractivity contribution in [1.29, 1.82) is 0 Å². The van der Waals surface area contributed by atoms with Crippen molar-refractivity contribution in [3.63, 3.8) is 0 Å². The minimum absolute atomic E-state index is 0.00529. The zero-order valence-corrected chi connectivity index (χ0v) is 17.0. The second-order valence-electron chi connectivity index (χ2n) is 6.43. The first-order chi connectivity index (χ1) is 14.0. The molecule has 1 heterocycles. The van der Waals surface area contributed by atoms with Crippen molar-refractivity contribution >= 4 is 35.1 Å². The zero-order chi connectivity index (χ0) is 20.8. The molecular formula is C20H22N6O2S. The number of carbonyl (C=O) groups is 2. The lowest BCUT2D eigenvalue weighted by Gasteiger charge is -2.07. The van der Waals surface area contributed by atoms with Crippen LogP contribution in [-0.4, -0.2) is 33.1 Å². The molecule has 0 spiro atoms. The van der Waals surface area contributed by atoms with Crippen molar-refractivity contribution in [1.82, 2.24) is 20.3 Å². The lowest BCUT2D eigenvalue weighted by atomic mass is 10.1. The van der Waals surface area contributed by atoms with E-state index < -0.39 is 5.91 Å². The van der Waals surface area contributed by atoms with Gasteiger partial charge in [0.15, 0.2) is 11.5 Å². The van der Waals surface area contributed by atoms with E-state index in [-0.39, 0.29) is 24.0 Å². The maximum absolute atomic E-state index is 12.4. The number of nitrogens with one attached hydrogen (secondary N) is 2. The average molecular weight is 411 g/mol. The lowest BCUT2D eigenvalue weighted by Crippen LogP contribution is -2.25. The molecule has 150 valence electrons. The van der Waals surface area contributed by atoms with Crippen LogP contribution >= 0.6 is 11.8 Å². The number of aromatic nitrogens is 3. The number of thioether (sulfide) groups is 1. The number of hydrogen-bond donors (Lipinski definition) is 3. The fourth-order valence-electron chi connectivity index (χ4n) is 2.61. The van der Waals surface area contributed by atoms with Crippen LogP contribution in [0, 0.1) is 6.92 Å². The fourth-order valence-corrected chi connectivity index (χ4v) is 3.07. The van der Waals surface area contributed by atoms with E-state index in [2.05, 4.69) is 20.9 Å². The largest absolute Gasteiger partial charge is 0.382 e. The van der Waals surface area contributed by atoms with Crippen molar-refractivity contribution in [3.05, 3.63) is 65.4 Å². The third-order valence-electron chi connectivity index (χ3n) is 4.21. The summed E-state index contributed by atoms with van der Waals surface area (Å²) in [5, 5.41) is 13.2. The Balaban J connectivity index is 1.59. The standard InChI is InChI=1S/C20H22N6O2S/c1-13-6-8-14(9-7-13)11-22-20(28)18-19(21)26(25-24-18)12-17(27)23-15-4-3-5-16(10-15)29-2/h3-10H,11-12,21H2,1-2H3,(H,22,28)(H,23,27). The molecule has 2 aromatic carbocycles. The lowest BCUT2D eigenvalue weighted by molar-refractivity contribution is -0.116. The van der Waals surface area contributed by atoms with Crippen LogP contribution in [0.15, 0.2) is 53.4 Å². The summed E-state index contributed by atoms with van der Waals surface area (Å²) in [6.45, 7) is 2.20. The number of hydrogen-bond acceptors (Lipinski definition) is 6. The van der Waals surface area contributed by atoms with E-state index in [1.165, 1.54) is 4.68 Å². The van der Waals surface area contributed by atoms with Gasteiger partial charge in [0.2, 0.25) is 5.91 Å². The highest BCUT2D eigenvalue weighted by atomic mass is 32.2. The predicted molar refractivity (Wildman–Crippen MR) is 114 cm³/mol. The van der Waals surface area contributed by atoms with Crippen molar-refractivity contribution in [3.8, 4) is 0 Å². The topological polar surface area (TPSA) is 115 Å². The summed E-state index contributed by atoms with van der Waals surface area (Å²) in [5.74, 6) is -0.715. The summed E-state index contributed by atoms with van der Waals surface area (Å²) in [4.78, 5) is 25.7. The molecule has 9 heteroatoms. The highest BCUT2D eigenvalue weighted by Gasteiger charge is 2.18. The van der Waals surface area contributed by atoms with E-state index >= 15 is 0 Å². The zero-order valence-electron chi connectivity index (χ0n) is 16.2. The van der Waals surface area contributed by atoms with Gasteiger partial charge in [-0.1, -0.05) is 41.1 Å². The number of carbonyl (C=O) groups excluding carboxylic acids is 2. The number of aryl methyl sites for hydroxylation is 1. The van der Waals surface area contributed by atoms with E-state index in [1.54, 1.807) is 17.8 Å². The van der Waals surface area contributed by atoms with Crippen molar-refractivity contribution in [2.24, 2.45) is 0 Å². The van der Waals surface area contributed by atoms with E-state index in [0.29, 0.717) is 12.2 Å². The fraction of sp³-hybridized carbons (Fsp3) is 0.200. The maximum Gasteiger partial charge on any atom is 0.275 e. The molecule has 3 aromatic rings. The molecule has 1 aromatic heterocycles. The van der Waals surface area contributed by atoms with Crippen LogP contribution in [-0.2, 0) is 17.9 Å². The van der Waals surface area contributed by atoms with E-state index in [0.717, 1.165) is 16.0 Å². The Hall–Kier alpha value is -3.33. The molecule has 0 saturated heterocycles. The van der Waals surface area contributed by atoms with E-state index in [1.807, 2.05) is 55.6 Å². The molecule has 0 unspecified atom stereocenters. The van der Waals surface area contributed by atoms with Gasteiger partial charge in [-0.15, -0.1) is 16.9 Å². The van der Waals surface area contributed by atoms with Crippen LogP contribution in [0.3, 0.4) is 0 Å². The van der Waals surface area contributed by atoms with Gasteiger partial charge in [0.05, 0.1) is 0 Å². The van der Waals surface area contributed by atoms with Crippen LogP contribution in [0.1, 0.15) is 21.6 Å². The molecule has 4 N–H and O–H groups in total. The predicted octanol–water partition coefficient (Wildman–Crippen LogP) is 2.46. The van der Waals surface area contributed by atoms with Gasteiger partial charge in [-0.05, 0) is 36.9 Å². The Kier molecular flexibility index (Phi) is 6.50. The number of anilines is 2. The Morgan fingerprint density at radius 3 is 2.66 bits per heavy atom. The van der Waals surface area contributed by atoms with Crippen LogP contribution < -0.4 is 16.4 Å². The van der Waals surface area contributed by atoms with Gasteiger partial charge in [0.25, 0.3) is 5.91 Å². The van der Waals surface area contributed by atoms with Crippen LogP contribution in [0.5, 0.6) is 0 Å². The van der Waals surface area contributed by atoms with Gasteiger partial charge >= 0.3 is 0 Å². The van der Waals surface area contributed by atoms with Gasteiger partial charge in [0, 0.05) is 17.1 Å². The SMILES string of the molecule is CSc1cccc(NC(=O)Cn2nnc(C(=O)NCc3ccc(C)cc3)c2N)c1. The summed E-state index contributed by atoms with van der Waals surface area (Å²) in [6, 6.07) is 15.3. The van der Waals surface area contributed by atoms with Crippen LogP contribution in [0.2, 0.25) is 0 Å². The van der Waals surface area contributed by atoms with Crippen LogP contribution in [0.4, 0.5) is 11.5 Å². The molecule has 3 rings (SSSR count). The first kappa shape index (κ1) is 20.4. The molecule has 0 fully saturated rings. The molecule has 8 nitrogen and oxygen atoms in total. The van der Waals surface area contributed by atoms with Crippen molar-refractivity contribution in [2.75, 3.05) is 17.3 Å². The van der Waals surface area contributed by atoms with Gasteiger partial charge < -0.3 is 16.4 Å². The maximum atomic E-state index is 12.4. The monoisotopic (exact) mass is 410 g/mol. The Morgan fingerprint density at radius 1 is 1.17 bits per heavy atom. The third kappa shape index (κ3) is 5.35. The molecule has 0 aliphatic carbocycles. The average Bonchev–Trinajstić information content (AvgIpc) is 3.07. The summed E-state index contributed by atoms with van der Waals surface area (Å²) < 4.78 is 1.20. The summed E-state index contributed by atoms with van der Waals surface area (Å²) >= 11 is 1.58. The van der Waals surface area contributed by atoms with Gasteiger partial charge in [-0.3, -0.25) is 9.59 Å². The molecule has 0 aliphatic rings. The number of amides is 2. The summed E-state index contributed by atoms with van der Waals surface area (Å²) in [6.07, 6.45) is 1.96. The number of nitrogen functional groups attached to an aromatic ring is 1. The minimum atomic E-state index is -0.442. The van der Waals surface area contributed by atoms with Gasteiger partial charge in [0.1, 0.15) is 6.54 Å². The second-order valence-corrected chi connectivity index (χ2v) is 7.31. The Labute approximate surface area is 172 Å². The molecule has 0 radical (unpaired) electrons. The van der Waals surface area contributed by atoms with Gasteiger partial charge in [-0.25, -0.2) is 4.68 Å². The molecule has 0 aliphatic heterocycles. The molecule has 0 bridgehead atoms. The first-order valence-corrected chi connectivity index (χ1v) is 10.2. The molecule has 0 saturated carbocycles. The molecular weight excluding hydrogens is 388 g/mol. The number of benzene rings is 2. The van der Waals surface area contributed by atoms with Crippen LogP contribution in [0.25, 0.3) is 0 Å². The summed E-state index contributed by atoms with van der Waals surface area (Å²) in [5.41, 5.74) is 8.75. The number of nitrogens with zero attached hydrogens (tertiary/aromatic N) is 3. The second kappa shape index (κ2) is 9.24. The normalized spacial score (nSPS) is 10.6. The molecule has 0 atom stereocenters. The minimum Gasteiger partial charge on any atom is -0.382 e. The smallest absolute Gasteiger partial charge is 0.275 e. The molecule has 2 amide bonds. The third-order valence-corrected chi connectivity index (χ3v) is 4.93. The quantitative estimate of drug-likeness (QED) is 0.516. The Bertz CT molecular complexity index is 1020. The Morgan fingerprint density at radius 2 is 1.93 bits per heavy atom. The summed E-state index contributed by atoms with van der Waals surface area (Å²) in [7, 11) is 0. The molecule has 29 heavy (non-hydrogen) atoms. The van der Waals surface area contributed by atoms with Crippen molar-refractivity contribution in [2.45, 2.75) is 24.9 Å². The van der Waals surface area contributed by atoms with E-state index in [9.17, 15) is 9.59 Å². The van der Waals surface area contributed by atoms with Crippen molar-refractivity contribution < 1.29 is 9.59 Å². The number of nitrogens with two attached hydrogens (primary N) is 1. The first-order valence-electron chi connectivity index (χ1n) is 8.93. The highest BCUT2D eigenvalue weighted by molar-refractivity contribution is 7.98. The van der Waals surface area contributed by atoms with Gasteiger partial charge in [-0.2, -0.15) is 0 Å². The highest BCUT2D eigenvalue weighted by Crippen LogP contribution is 2.19. The number of rotatable bonds is 7.